The molecule has 1 amide bonds. The van der Waals surface area contributed by atoms with Gasteiger partial charge in [-0.05, 0) is 31.6 Å². The van der Waals surface area contributed by atoms with Gasteiger partial charge in [-0.3, -0.25) is 9.59 Å². The van der Waals surface area contributed by atoms with Crippen molar-refractivity contribution in [3.8, 4) is 0 Å². The minimum absolute atomic E-state index is 0.0645. The summed E-state index contributed by atoms with van der Waals surface area (Å²) in [5.74, 6) is -0.239. The first kappa shape index (κ1) is 10.5. The Bertz CT molecular complexity index is 302. The molecule has 0 spiro atoms. The molecule has 1 saturated heterocycles. The van der Waals surface area contributed by atoms with Gasteiger partial charge in [-0.1, -0.05) is 0 Å². The van der Waals surface area contributed by atoms with Crippen molar-refractivity contribution in [1.82, 2.24) is 4.90 Å². The molecule has 15 heavy (non-hydrogen) atoms. The molecule has 2 atom stereocenters. The highest BCUT2D eigenvalue weighted by Gasteiger charge is 2.59. The van der Waals surface area contributed by atoms with Gasteiger partial charge in [0.05, 0.1) is 5.41 Å². The number of carbonyl (C=O) groups excluding carboxylic acids is 1. The van der Waals surface area contributed by atoms with Crippen molar-refractivity contribution in [3.63, 3.8) is 0 Å². The lowest BCUT2D eigenvalue weighted by Crippen LogP contribution is -2.35. The highest BCUT2D eigenvalue weighted by atomic mass is 16.4. The van der Waals surface area contributed by atoms with E-state index in [1.807, 2.05) is 0 Å². The van der Waals surface area contributed by atoms with Gasteiger partial charge in [-0.15, -0.1) is 0 Å². The van der Waals surface area contributed by atoms with Crippen LogP contribution in [0.15, 0.2) is 0 Å². The number of hydrogen-bond acceptors (Lipinski definition) is 2. The maximum Gasteiger partial charge on any atom is 0.309 e. The molecule has 1 heterocycles. The second kappa shape index (κ2) is 3.51. The first-order chi connectivity index (χ1) is 7.06. The molecule has 2 aliphatic rings. The molecule has 2 fully saturated rings. The first-order valence-electron chi connectivity index (χ1n) is 5.55. The third-order valence-electron chi connectivity index (χ3n) is 3.91. The minimum Gasteiger partial charge on any atom is -0.481 e. The zero-order valence-corrected chi connectivity index (χ0v) is 9.03. The van der Waals surface area contributed by atoms with Crippen molar-refractivity contribution in [2.75, 3.05) is 13.1 Å². The van der Waals surface area contributed by atoms with Crippen LogP contribution in [0.5, 0.6) is 0 Å². The molecule has 2 unspecified atom stereocenters. The Kier molecular flexibility index (Phi) is 2.44. The smallest absolute Gasteiger partial charge is 0.309 e. The summed E-state index contributed by atoms with van der Waals surface area (Å²) >= 11 is 0. The Morgan fingerprint density at radius 2 is 2.13 bits per heavy atom. The summed E-state index contributed by atoms with van der Waals surface area (Å²) in [6.45, 7) is 2.96. The number of carboxylic acids is 1. The van der Waals surface area contributed by atoms with Gasteiger partial charge in [0.1, 0.15) is 0 Å². The van der Waals surface area contributed by atoms with Gasteiger partial charge >= 0.3 is 5.97 Å². The van der Waals surface area contributed by atoms with Crippen molar-refractivity contribution < 1.29 is 14.7 Å². The molecule has 0 bridgehead atoms. The molecule has 4 heteroatoms. The Labute approximate surface area is 89.3 Å². The van der Waals surface area contributed by atoms with Crippen molar-refractivity contribution in [1.29, 1.82) is 0 Å². The predicted molar refractivity (Wildman–Crippen MR) is 54.3 cm³/mol. The summed E-state index contributed by atoms with van der Waals surface area (Å²) in [6, 6.07) is 0. The Balaban J connectivity index is 2.04. The zero-order chi connectivity index (χ0) is 11.1. The lowest BCUT2D eigenvalue weighted by atomic mass is 9.95. The van der Waals surface area contributed by atoms with Crippen LogP contribution in [0.2, 0.25) is 0 Å². The predicted octanol–water partition coefficient (Wildman–Crippen LogP) is 1.11. The summed E-state index contributed by atoms with van der Waals surface area (Å²) in [6.07, 6.45) is 3.34. The SMILES string of the molecule is CC(=O)N1CCCC2CC2(C(=O)O)CC1. The second-order valence-corrected chi connectivity index (χ2v) is 4.76. The van der Waals surface area contributed by atoms with E-state index in [4.69, 9.17) is 0 Å². The molecule has 1 N–H and O–H groups in total. The highest BCUT2D eigenvalue weighted by molar-refractivity contribution is 5.79. The Hall–Kier alpha value is -1.06. The monoisotopic (exact) mass is 211 g/mol. The number of rotatable bonds is 1. The normalized spacial score (nSPS) is 35.0. The van der Waals surface area contributed by atoms with Crippen LogP contribution in [-0.4, -0.2) is 35.0 Å². The third-order valence-corrected chi connectivity index (χ3v) is 3.91. The van der Waals surface area contributed by atoms with Gasteiger partial charge in [-0.2, -0.15) is 0 Å². The van der Waals surface area contributed by atoms with E-state index in [1.54, 1.807) is 11.8 Å². The van der Waals surface area contributed by atoms with E-state index in [0.29, 0.717) is 18.9 Å². The molecular weight excluding hydrogens is 194 g/mol. The number of carbonyl (C=O) groups is 2. The number of carboxylic acid groups (broad SMARTS) is 1. The zero-order valence-electron chi connectivity index (χ0n) is 9.03. The van der Waals surface area contributed by atoms with Crippen LogP contribution in [-0.2, 0) is 9.59 Å². The summed E-state index contributed by atoms with van der Waals surface area (Å²) in [7, 11) is 0. The standard InChI is InChI=1S/C11H17NO3/c1-8(13)12-5-2-3-9-7-11(9,4-6-12)10(14)15/h9H,2-7H2,1H3,(H,14,15). The van der Waals surface area contributed by atoms with E-state index in [9.17, 15) is 14.7 Å². The molecule has 84 valence electrons. The van der Waals surface area contributed by atoms with Gasteiger partial charge in [0.2, 0.25) is 5.91 Å². The molecule has 2 rings (SSSR count). The summed E-state index contributed by atoms with van der Waals surface area (Å²) in [4.78, 5) is 24.2. The second-order valence-electron chi connectivity index (χ2n) is 4.76. The number of nitrogens with zero attached hydrogens (tertiary/aromatic N) is 1. The van der Waals surface area contributed by atoms with E-state index < -0.39 is 11.4 Å². The van der Waals surface area contributed by atoms with Gasteiger partial charge in [-0.25, -0.2) is 0 Å². The molecule has 1 aliphatic carbocycles. The van der Waals surface area contributed by atoms with Crippen molar-refractivity contribution >= 4 is 11.9 Å². The average molecular weight is 211 g/mol. The van der Waals surface area contributed by atoms with Gasteiger partial charge < -0.3 is 10.0 Å². The first-order valence-corrected chi connectivity index (χ1v) is 5.55. The van der Waals surface area contributed by atoms with Crippen LogP contribution in [0.25, 0.3) is 0 Å². The van der Waals surface area contributed by atoms with Gasteiger partial charge in [0, 0.05) is 20.0 Å². The maximum atomic E-state index is 11.2. The van der Waals surface area contributed by atoms with Crippen molar-refractivity contribution in [3.05, 3.63) is 0 Å². The highest BCUT2D eigenvalue weighted by Crippen LogP contribution is 2.58. The molecule has 1 saturated carbocycles. The summed E-state index contributed by atoms with van der Waals surface area (Å²) in [5.41, 5.74) is -0.492. The lowest BCUT2D eigenvalue weighted by molar-refractivity contribution is -0.145. The number of hydrogen-bond donors (Lipinski definition) is 1. The molecule has 0 radical (unpaired) electrons. The molecule has 4 nitrogen and oxygen atoms in total. The van der Waals surface area contributed by atoms with E-state index in [2.05, 4.69) is 0 Å². The Morgan fingerprint density at radius 3 is 2.73 bits per heavy atom. The van der Waals surface area contributed by atoms with Crippen LogP contribution in [0.1, 0.15) is 32.6 Å². The average Bonchev–Trinajstić information content (AvgIpc) is 2.78. The lowest BCUT2D eigenvalue weighted by Gasteiger charge is -2.25. The number of likely N-dealkylation sites (tertiary alicyclic amines) is 1. The Morgan fingerprint density at radius 1 is 1.40 bits per heavy atom. The van der Waals surface area contributed by atoms with Crippen LogP contribution in [0, 0.1) is 11.3 Å². The van der Waals surface area contributed by atoms with Crippen LogP contribution in [0.3, 0.4) is 0 Å². The summed E-state index contributed by atoms with van der Waals surface area (Å²) in [5, 5.41) is 9.18. The summed E-state index contributed by atoms with van der Waals surface area (Å²) < 4.78 is 0. The molecule has 1 aliphatic heterocycles. The van der Waals surface area contributed by atoms with E-state index in [0.717, 1.165) is 25.8 Å². The maximum absolute atomic E-state index is 11.2. The fourth-order valence-electron chi connectivity index (χ4n) is 2.72. The fraction of sp³-hybridized carbons (Fsp3) is 0.818. The number of fused-ring (bicyclic) bond motifs is 1. The number of aliphatic carboxylic acids is 1. The molecule has 0 aromatic carbocycles. The largest absolute Gasteiger partial charge is 0.481 e. The van der Waals surface area contributed by atoms with E-state index in [1.165, 1.54) is 0 Å². The molecule has 0 aromatic rings. The van der Waals surface area contributed by atoms with Gasteiger partial charge in [0.25, 0.3) is 0 Å². The topological polar surface area (TPSA) is 57.6 Å². The van der Waals surface area contributed by atoms with Gasteiger partial charge in [0.15, 0.2) is 0 Å². The van der Waals surface area contributed by atoms with Crippen LogP contribution < -0.4 is 0 Å². The van der Waals surface area contributed by atoms with Crippen LogP contribution >= 0.6 is 0 Å². The van der Waals surface area contributed by atoms with Crippen molar-refractivity contribution in [2.24, 2.45) is 11.3 Å². The molecule has 0 aromatic heterocycles. The van der Waals surface area contributed by atoms with E-state index >= 15 is 0 Å². The minimum atomic E-state index is -0.669. The fourth-order valence-corrected chi connectivity index (χ4v) is 2.72. The van der Waals surface area contributed by atoms with E-state index in [-0.39, 0.29) is 5.91 Å². The quantitative estimate of drug-likeness (QED) is 0.706. The third kappa shape index (κ3) is 1.73. The molecular formula is C11H17NO3. The number of amides is 1. The van der Waals surface area contributed by atoms with Crippen molar-refractivity contribution in [2.45, 2.75) is 32.6 Å². The van der Waals surface area contributed by atoms with Crippen LogP contribution in [0.4, 0.5) is 0 Å².